The van der Waals surface area contributed by atoms with Gasteiger partial charge < -0.3 is 15.4 Å². The van der Waals surface area contributed by atoms with Gasteiger partial charge in [-0.05, 0) is 38.8 Å². The summed E-state index contributed by atoms with van der Waals surface area (Å²) in [5.74, 6) is -1.67. The molecule has 1 aliphatic rings. The van der Waals surface area contributed by atoms with Crippen molar-refractivity contribution in [3.8, 4) is 5.69 Å². The van der Waals surface area contributed by atoms with Gasteiger partial charge in [0.05, 0.1) is 23.0 Å². The summed E-state index contributed by atoms with van der Waals surface area (Å²) in [4.78, 5) is 37.8. The fourth-order valence-electron chi connectivity index (χ4n) is 3.49. The highest BCUT2D eigenvalue weighted by Crippen LogP contribution is 2.19. The maximum atomic E-state index is 12.6. The largest absolute Gasteiger partial charge is 0.452 e. The quantitative estimate of drug-likeness (QED) is 0.784. The number of rotatable bonds is 5. The Morgan fingerprint density at radius 3 is 2.61 bits per heavy atom. The van der Waals surface area contributed by atoms with Gasteiger partial charge in [-0.15, -0.1) is 0 Å². The van der Waals surface area contributed by atoms with Crippen LogP contribution in [0, 0.1) is 19.8 Å². The number of carbonyl (C=O) groups is 3. The topological polar surface area (TPSA) is 108 Å². The van der Waals surface area contributed by atoms with Crippen molar-refractivity contribution in [3.05, 3.63) is 47.3 Å². The first kappa shape index (κ1) is 19.6. The summed E-state index contributed by atoms with van der Waals surface area (Å²) in [5, 5.41) is 4.42. The molecule has 2 amide bonds. The number of esters is 1. The molecule has 1 fully saturated rings. The number of benzene rings is 1. The summed E-state index contributed by atoms with van der Waals surface area (Å²) >= 11 is 0. The monoisotopic (exact) mass is 384 g/mol. The van der Waals surface area contributed by atoms with E-state index >= 15 is 0 Å². The van der Waals surface area contributed by atoms with Gasteiger partial charge in [-0.1, -0.05) is 18.2 Å². The normalized spacial score (nSPS) is 16.6. The number of carbonyl (C=O) groups excluding carboxylic acids is 3. The van der Waals surface area contributed by atoms with Gasteiger partial charge in [0.15, 0.2) is 6.61 Å². The molecule has 1 aromatic heterocycles. The van der Waals surface area contributed by atoms with Crippen molar-refractivity contribution in [2.75, 3.05) is 19.7 Å². The van der Waals surface area contributed by atoms with E-state index in [2.05, 4.69) is 5.10 Å². The summed E-state index contributed by atoms with van der Waals surface area (Å²) in [6.45, 7) is 3.94. The maximum absolute atomic E-state index is 12.6. The van der Waals surface area contributed by atoms with Gasteiger partial charge in [0, 0.05) is 13.1 Å². The number of nitrogens with two attached hydrogens (primary N) is 1. The van der Waals surface area contributed by atoms with Crippen LogP contribution >= 0.6 is 0 Å². The molecule has 0 bridgehead atoms. The van der Waals surface area contributed by atoms with E-state index in [1.165, 1.54) is 4.90 Å². The minimum absolute atomic E-state index is 0.274. The van der Waals surface area contributed by atoms with Crippen LogP contribution in [0.1, 0.15) is 34.6 Å². The highest BCUT2D eigenvalue weighted by atomic mass is 16.5. The second-order valence-electron chi connectivity index (χ2n) is 6.95. The molecule has 0 aliphatic carbocycles. The van der Waals surface area contributed by atoms with Crippen molar-refractivity contribution >= 4 is 17.8 Å². The first-order valence-corrected chi connectivity index (χ1v) is 9.24. The molecule has 2 N–H and O–H groups in total. The minimum Gasteiger partial charge on any atom is -0.452 e. The van der Waals surface area contributed by atoms with Crippen LogP contribution in [-0.4, -0.2) is 52.2 Å². The Kier molecular flexibility index (Phi) is 5.77. The fraction of sp³-hybridized carbons (Fsp3) is 0.400. The van der Waals surface area contributed by atoms with Crippen molar-refractivity contribution in [2.24, 2.45) is 11.7 Å². The molecule has 0 radical (unpaired) electrons. The summed E-state index contributed by atoms with van der Waals surface area (Å²) in [5.41, 5.74) is 7.71. The Morgan fingerprint density at radius 1 is 1.21 bits per heavy atom. The number of piperidine rings is 1. The third-order valence-electron chi connectivity index (χ3n) is 5.00. The lowest BCUT2D eigenvalue weighted by atomic mass is 9.97. The molecule has 0 spiro atoms. The molecule has 1 aliphatic heterocycles. The number of amides is 2. The van der Waals surface area contributed by atoms with E-state index in [1.54, 1.807) is 18.5 Å². The smallest absolute Gasteiger partial charge is 0.342 e. The summed E-state index contributed by atoms with van der Waals surface area (Å²) < 4.78 is 6.93. The number of likely N-dealkylation sites (tertiary alicyclic amines) is 1. The molecule has 148 valence electrons. The molecule has 2 aromatic rings. The zero-order valence-electron chi connectivity index (χ0n) is 16.1. The summed E-state index contributed by atoms with van der Waals surface area (Å²) in [6.07, 6.45) is 1.38. The Balaban J connectivity index is 1.66. The zero-order chi connectivity index (χ0) is 20.3. The SMILES string of the molecule is Cc1nn(-c2ccccc2)c(C)c1C(=O)OCC(=O)N1CCC[C@H](C(N)=O)C1. The maximum Gasteiger partial charge on any atom is 0.342 e. The second-order valence-corrected chi connectivity index (χ2v) is 6.95. The van der Waals surface area contributed by atoms with Crippen molar-refractivity contribution in [1.29, 1.82) is 0 Å². The van der Waals surface area contributed by atoms with Crippen LogP contribution in [0.15, 0.2) is 30.3 Å². The van der Waals surface area contributed by atoms with Crippen LogP contribution in [0.3, 0.4) is 0 Å². The van der Waals surface area contributed by atoms with Gasteiger partial charge in [-0.2, -0.15) is 5.10 Å². The molecule has 28 heavy (non-hydrogen) atoms. The van der Waals surface area contributed by atoms with E-state index in [4.69, 9.17) is 10.5 Å². The lowest BCUT2D eigenvalue weighted by Crippen LogP contribution is -2.45. The highest BCUT2D eigenvalue weighted by molar-refractivity contribution is 5.93. The number of para-hydroxylation sites is 1. The number of aromatic nitrogens is 2. The van der Waals surface area contributed by atoms with Crippen LogP contribution < -0.4 is 5.73 Å². The number of ether oxygens (including phenoxy) is 1. The number of hydrogen-bond acceptors (Lipinski definition) is 5. The minimum atomic E-state index is -0.589. The third kappa shape index (κ3) is 4.05. The van der Waals surface area contributed by atoms with Crippen molar-refractivity contribution in [3.63, 3.8) is 0 Å². The zero-order valence-corrected chi connectivity index (χ0v) is 16.1. The van der Waals surface area contributed by atoms with Crippen LogP contribution in [0.4, 0.5) is 0 Å². The Hall–Kier alpha value is -3.16. The molecule has 1 saturated heterocycles. The van der Waals surface area contributed by atoms with E-state index < -0.39 is 11.9 Å². The number of hydrogen-bond donors (Lipinski definition) is 1. The molecular weight excluding hydrogens is 360 g/mol. The van der Waals surface area contributed by atoms with E-state index in [9.17, 15) is 14.4 Å². The molecule has 1 aromatic carbocycles. The number of primary amides is 1. The van der Waals surface area contributed by atoms with E-state index in [0.717, 1.165) is 5.69 Å². The Labute approximate surface area is 163 Å². The van der Waals surface area contributed by atoms with Gasteiger partial charge in [0.25, 0.3) is 5.91 Å². The molecule has 0 saturated carbocycles. The number of nitrogens with zero attached hydrogens (tertiary/aromatic N) is 3. The third-order valence-corrected chi connectivity index (χ3v) is 5.00. The Bertz CT molecular complexity index is 891. The lowest BCUT2D eigenvalue weighted by Gasteiger charge is -2.31. The predicted octanol–water partition coefficient (Wildman–Crippen LogP) is 1.37. The van der Waals surface area contributed by atoms with E-state index in [-0.39, 0.29) is 25.0 Å². The van der Waals surface area contributed by atoms with Crippen LogP contribution in [0.2, 0.25) is 0 Å². The van der Waals surface area contributed by atoms with Gasteiger partial charge in [-0.3, -0.25) is 9.59 Å². The first-order chi connectivity index (χ1) is 13.4. The van der Waals surface area contributed by atoms with E-state index in [0.29, 0.717) is 36.3 Å². The summed E-state index contributed by atoms with van der Waals surface area (Å²) in [6, 6.07) is 9.47. The van der Waals surface area contributed by atoms with Crippen LogP contribution in [-0.2, 0) is 14.3 Å². The first-order valence-electron chi connectivity index (χ1n) is 9.24. The molecule has 8 nitrogen and oxygen atoms in total. The molecule has 2 heterocycles. The molecular formula is C20H24N4O4. The van der Waals surface area contributed by atoms with Crippen molar-refractivity contribution in [2.45, 2.75) is 26.7 Å². The second kappa shape index (κ2) is 8.24. The summed E-state index contributed by atoms with van der Waals surface area (Å²) in [7, 11) is 0. The average molecular weight is 384 g/mol. The number of aryl methyl sites for hydroxylation is 1. The molecule has 3 rings (SSSR count). The van der Waals surface area contributed by atoms with Gasteiger partial charge in [0.1, 0.15) is 5.56 Å². The van der Waals surface area contributed by atoms with Crippen LogP contribution in [0.25, 0.3) is 5.69 Å². The standard InChI is InChI=1S/C20H24N4O4/c1-13-18(14(2)24(22-13)16-8-4-3-5-9-16)20(27)28-12-17(25)23-10-6-7-15(11-23)19(21)26/h3-5,8-9,15H,6-7,10-12H2,1-2H3,(H2,21,26)/t15-/m0/s1. The average Bonchev–Trinajstić information content (AvgIpc) is 3.00. The van der Waals surface area contributed by atoms with Gasteiger partial charge in [0.2, 0.25) is 5.91 Å². The highest BCUT2D eigenvalue weighted by Gasteiger charge is 2.28. The molecule has 0 unspecified atom stereocenters. The lowest BCUT2D eigenvalue weighted by molar-refractivity contribution is -0.137. The molecule has 8 heteroatoms. The predicted molar refractivity (Wildman–Crippen MR) is 102 cm³/mol. The van der Waals surface area contributed by atoms with Crippen LogP contribution in [0.5, 0.6) is 0 Å². The van der Waals surface area contributed by atoms with Gasteiger partial charge >= 0.3 is 5.97 Å². The Morgan fingerprint density at radius 2 is 1.93 bits per heavy atom. The van der Waals surface area contributed by atoms with Crippen molar-refractivity contribution < 1.29 is 19.1 Å². The van der Waals surface area contributed by atoms with Gasteiger partial charge in [-0.25, -0.2) is 9.48 Å². The van der Waals surface area contributed by atoms with Crippen molar-refractivity contribution in [1.82, 2.24) is 14.7 Å². The fourth-order valence-corrected chi connectivity index (χ4v) is 3.49. The van der Waals surface area contributed by atoms with E-state index in [1.807, 2.05) is 30.3 Å². The molecule has 1 atom stereocenters.